The molecule has 0 radical (unpaired) electrons. The monoisotopic (exact) mass is 145 g/mol. The number of nitrogens with zero attached hydrogens (tertiary/aromatic N) is 1. The maximum atomic E-state index is 4.05. The van der Waals surface area contributed by atoms with Gasteiger partial charge in [-0.1, -0.05) is 24.3 Å². The Balaban J connectivity index is 2.33. The molecule has 1 aliphatic rings. The largest absolute Gasteiger partial charge is 0.297 e. The van der Waals surface area contributed by atoms with Crippen molar-refractivity contribution in [1.82, 2.24) is 0 Å². The summed E-state index contributed by atoms with van der Waals surface area (Å²) in [5.41, 5.74) is 2.90. The third-order valence-electron chi connectivity index (χ3n) is 2.29. The first-order valence-electron chi connectivity index (χ1n) is 3.93. The summed E-state index contributed by atoms with van der Waals surface area (Å²) in [7, 11) is 0. The van der Waals surface area contributed by atoms with Gasteiger partial charge in [0.2, 0.25) is 0 Å². The molecule has 1 nitrogen and oxygen atoms in total. The van der Waals surface area contributed by atoms with Gasteiger partial charge in [0.15, 0.2) is 0 Å². The van der Waals surface area contributed by atoms with Crippen LogP contribution in [0.15, 0.2) is 29.3 Å². The third kappa shape index (κ3) is 1.07. The van der Waals surface area contributed by atoms with Gasteiger partial charge in [-0.05, 0) is 30.7 Å². The van der Waals surface area contributed by atoms with E-state index in [0.29, 0.717) is 6.04 Å². The van der Waals surface area contributed by atoms with Gasteiger partial charge in [0.25, 0.3) is 0 Å². The van der Waals surface area contributed by atoms with Crippen LogP contribution in [0, 0.1) is 0 Å². The fourth-order valence-corrected chi connectivity index (χ4v) is 1.66. The summed E-state index contributed by atoms with van der Waals surface area (Å²) in [6.07, 6.45) is 2.17. The van der Waals surface area contributed by atoms with E-state index in [-0.39, 0.29) is 0 Å². The minimum atomic E-state index is 0.437. The van der Waals surface area contributed by atoms with Gasteiger partial charge in [0.05, 0.1) is 6.04 Å². The molecule has 1 aliphatic carbocycles. The lowest BCUT2D eigenvalue weighted by atomic mass is 10.1. The van der Waals surface area contributed by atoms with Crippen LogP contribution in [-0.4, -0.2) is 12.8 Å². The molecule has 0 unspecified atom stereocenters. The van der Waals surface area contributed by atoms with Crippen LogP contribution >= 0.6 is 0 Å². The summed E-state index contributed by atoms with van der Waals surface area (Å²) in [4.78, 5) is 4.05. The SMILES string of the molecule is C=NC1Cc2ccccc2C1. The molecular formula is C10H11N. The van der Waals surface area contributed by atoms with Crippen molar-refractivity contribution in [3.05, 3.63) is 35.4 Å². The summed E-state index contributed by atoms with van der Waals surface area (Å²) in [5.74, 6) is 0. The molecule has 1 heteroatoms. The Hall–Kier alpha value is -1.11. The van der Waals surface area contributed by atoms with E-state index in [1.807, 2.05) is 0 Å². The van der Waals surface area contributed by atoms with Crippen molar-refractivity contribution < 1.29 is 0 Å². The Labute approximate surface area is 66.8 Å². The maximum absolute atomic E-state index is 4.05. The minimum Gasteiger partial charge on any atom is -0.297 e. The van der Waals surface area contributed by atoms with Gasteiger partial charge in [0, 0.05) is 0 Å². The second kappa shape index (κ2) is 2.50. The Bertz CT molecular complexity index is 253. The lowest BCUT2D eigenvalue weighted by Crippen LogP contribution is -2.00. The normalized spacial score (nSPS) is 16.4. The highest BCUT2D eigenvalue weighted by Crippen LogP contribution is 2.22. The number of hydrogen-bond acceptors (Lipinski definition) is 1. The van der Waals surface area contributed by atoms with Gasteiger partial charge in [0.1, 0.15) is 0 Å². The second-order valence-corrected chi connectivity index (χ2v) is 3.01. The van der Waals surface area contributed by atoms with E-state index in [2.05, 4.69) is 36.0 Å². The molecule has 11 heavy (non-hydrogen) atoms. The lowest BCUT2D eigenvalue weighted by molar-refractivity contribution is 0.729. The average Bonchev–Trinajstić information content (AvgIpc) is 2.46. The number of aliphatic imine (C=N–C) groups is 1. The topological polar surface area (TPSA) is 12.4 Å². The van der Waals surface area contributed by atoms with E-state index in [1.165, 1.54) is 11.1 Å². The van der Waals surface area contributed by atoms with Crippen molar-refractivity contribution in [3.8, 4) is 0 Å². The Kier molecular flexibility index (Phi) is 1.50. The van der Waals surface area contributed by atoms with E-state index in [9.17, 15) is 0 Å². The van der Waals surface area contributed by atoms with E-state index in [0.717, 1.165) is 12.8 Å². The third-order valence-corrected chi connectivity index (χ3v) is 2.29. The fourth-order valence-electron chi connectivity index (χ4n) is 1.66. The van der Waals surface area contributed by atoms with Crippen LogP contribution in [-0.2, 0) is 12.8 Å². The predicted octanol–water partition coefficient (Wildman–Crippen LogP) is 1.85. The second-order valence-electron chi connectivity index (χ2n) is 3.01. The standard InChI is InChI=1S/C10H11N/c1-11-10-6-8-4-2-3-5-9(8)7-10/h2-5,10H,1,6-7H2. The number of rotatable bonds is 1. The molecule has 0 bridgehead atoms. The quantitative estimate of drug-likeness (QED) is 0.535. The molecule has 56 valence electrons. The van der Waals surface area contributed by atoms with E-state index >= 15 is 0 Å². The molecule has 0 spiro atoms. The highest BCUT2D eigenvalue weighted by atomic mass is 14.7. The average molecular weight is 145 g/mol. The molecule has 2 rings (SSSR count). The van der Waals surface area contributed by atoms with Crippen molar-refractivity contribution in [2.24, 2.45) is 4.99 Å². The predicted molar refractivity (Wildman–Crippen MR) is 47.2 cm³/mol. The van der Waals surface area contributed by atoms with Crippen LogP contribution in [0.3, 0.4) is 0 Å². The molecule has 0 amide bonds. The van der Waals surface area contributed by atoms with Crippen molar-refractivity contribution >= 4 is 6.72 Å². The van der Waals surface area contributed by atoms with Gasteiger partial charge in [-0.25, -0.2) is 0 Å². The molecule has 0 saturated heterocycles. The zero-order chi connectivity index (χ0) is 7.68. The van der Waals surface area contributed by atoms with Crippen LogP contribution in [0.4, 0.5) is 0 Å². The summed E-state index contributed by atoms with van der Waals surface area (Å²) >= 11 is 0. The molecule has 0 aromatic heterocycles. The zero-order valence-electron chi connectivity index (χ0n) is 6.46. The highest BCUT2D eigenvalue weighted by molar-refractivity contribution is 5.35. The van der Waals surface area contributed by atoms with Crippen LogP contribution in [0.25, 0.3) is 0 Å². The molecule has 0 heterocycles. The molecule has 0 N–H and O–H groups in total. The van der Waals surface area contributed by atoms with Crippen molar-refractivity contribution in [2.45, 2.75) is 18.9 Å². The van der Waals surface area contributed by atoms with Crippen molar-refractivity contribution in [2.75, 3.05) is 0 Å². The fraction of sp³-hybridized carbons (Fsp3) is 0.300. The smallest absolute Gasteiger partial charge is 0.0573 e. The van der Waals surface area contributed by atoms with Crippen LogP contribution in [0.1, 0.15) is 11.1 Å². The first kappa shape index (κ1) is 6.59. The molecule has 0 fully saturated rings. The van der Waals surface area contributed by atoms with Gasteiger partial charge in [-0.15, -0.1) is 0 Å². The Morgan fingerprint density at radius 2 is 1.73 bits per heavy atom. The first-order chi connectivity index (χ1) is 5.40. The van der Waals surface area contributed by atoms with Gasteiger partial charge in [-0.3, -0.25) is 4.99 Å². The number of hydrogen-bond donors (Lipinski definition) is 0. The van der Waals surface area contributed by atoms with Gasteiger partial charge < -0.3 is 0 Å². The molecular weight excluding hydrogens is 134 g/mol. The highest BCUT2D eigenvalue weighted by Gasteiger charge is 2.18. The van der Waals surface area contributed by atoms with Crippen LogP contribution in [0.5, 0.6) is 0 Å². The lowest BCUT2D eigenvalue weighted by Gasteiger charge is -1.96. The summed E-state index contributed by atoms with van der Waals surface area (Å²) in [6.45, 7) is 3.58. The van der Waals surface area contributed by atoms with Crippen molar-refractivity contribution in [3.63, 3.8) is 0 Å². The van der Waals surface area contributed by atoms with E-state index in [1.54, 1.807) is 0 Å². The van der Waals surface area contributed by atoms with Crippen LogP contribution < -0.4 is 0 Å². The van der Waals surface area contributed by atoms with Gasteiger partial charge in [-0.2, -0.15) is 0 Å². The summed E-state index contributed by atoms with van der Waals surface area (Å²) in [6, 6.07) is 8.97. The molecule has 0 aliphatic heterocycles. The maximum Gasteiger partial charge on any atom is 0.0573 e. The molecule has 1 aromatic rings. The number of fused-ring (bicyclic) bond motifs is 1. The Morgan fingerprint density at radius 1 is 1.18 bits per heavy atom. The Morgan fingerprint density at radius 3 is 2.18 bits per heavy atom. The first-order valence-corrected chi connectivity index (χ1v) is 3.93. The number of benzene rings is 1. The summed E-state index contributed by atoms with van der Waals surface area (Å²) < 4.78 is 0. The summed E-state index contributed by atoms with van der Waals surface area (Å²) in [5, 5.41) is 0. The van der Waals surface area contributed by atoms with Gasteiger partial charge >= 0.3 is 0 Å². The molecule has 0 saturated carbocycles. The molecule has 1 aromatic carbocycles. The van der Waals surface area contributed by atoms with E-state index < -0.39 is 0 Å². The zero-order valence-corrected chi connectivity index (χ0v) is 6.46. The van der Waals surface area contributed by atoms with Crippen LogP contribution in [0.2, 0.25) is 0 Å². The van der Waals surface area contributed by atoms with Crippen molar-refractivity contribution in [1.29, 1.82) is 0 Å². The minimum absolute atomic E-state index is 0.437. The molecule has 0 atom stereocenters. The van der Waals surface area contributed by atoms with E-state index in [4.69, 9.17) is 0 Å².